The van der Waals surface area contributed by atoms with E-state index in [0.29, 0.717) is 16.7 Å². The fourth-order valence-corrected chi connectivity index (χ4v) is 2.18. The lowest BCUT2D eigenvalue weighted by molar-refractivity contribution is -0.119. The Morgan fingerprint density at radius 3 is 2.80 bits per heavy atom. The van der Waals surface area contributed by atoms with Crippen LogP contribution in [0.3, 0.4) is 0 Å². The first-order valence-electron chi connectivity index (χ1n) is 6.23. The predicted octanol–water partition coefficient (Wildman–Crippen LogP) is 1.85. The van der Waals surface area contributed by atoms with Gasteiger partial charge in [-0.2, -0.15) is 0 Å². The number of benzene rings is 1. The van der Waals surface area contributed by atoms with Crippen molar-refractivity contribution in [3.05, 3.63) is 36.2 Å². The zero-order valence-corrected chi connectivity index (χ0v) is 12.2. The highest BCUT2D eigenvalue weighted by atomic mass is 32.2. The molecular formula is C13H16N4O2S. The summed E-state index contributed by atoms with van der Waals surface area (Å²) < 4.78 is 6.96. The van der Waals surface area contributed by atoms with Crippen LogP contribution in [0.1, 0.15) is 12.7 Å². The first-order valence-corrected chi connectivity index (χ1v) is 7.21. The van der Waals surface area contributed by atoms with Crippen LogP contribution in [0.4, 0.5) is 0 Å². The zero-order chi connectivity index (χ0) is 14.4. The maximum atomic E-state index is 11.9. The largest absolute Gasteiger partial charge is 0.484 e. The number of rotatable bonds is 6. The molecular weight excluding hydrogens is 276 g/mol. The minimum Gasteiger partial charge on any atom is -0.484 e. The van der Waals surface area contributed by atoms with Gasteiger partial charge in [-0.25, -0.2) is 4.68 Å². The second-order valence-electron chi connectivity index (χ2n) is 3.93. The number of hydrogen-bond donors (Lipinski definition) is 1. The van der Waals surface area contributed by atoms with Gasteiger partial charge in [0.2, 0.25) is 5.16 Å². The van der Waals surface area contributed by atoms with Crippen molar-refractivity contribution < 1.29 is 9.53 Å². The van der Waals surface area contributed by atoms with E-state index in [0.717, 1.165) is 5.75 Å². The summed E-state index contributed by atoms with van der Waals surface area (Å²) >= 11 is 1.51. The van der Waals surface area contributed by atoms with Gasteiger partial charge in [0.25, 0.3) is 5.91 Å². The van der Waals surface area contributed by atoms with E-state index in [4.69, 9.17) is 4.74 Å². The van der Waals surface area contributed by atoms with Gasteiger partial charge in [0.05, 0.1) is 0 Å². The molecule has 0 aliphatic heterocycles. The lowest BCUT2D eigenvalue weighted by Gasteiger charge is -2.10. The van der Waals surface area contributed by atoms with Crippen molar-refractivity contribution in [3.8, 4) is 5.75 Å². The lowest BCUT2D eigenvalue weighted by Crippen LogP contribution is -2.29. The summed E-state index contributed by atoms with van der Waals surface area (Å²) in [5.74, 6) is 1.89. The summed E-state index contributed by atoms with van der Waals surface area (Å²) in [5, 5.41) is 8.61. The van der Waals surface area contributed by atoms with Crippen LogP contribution in [0, 0.1) is 6.92 Å². The van der Waals surface area contributed by atoms with E-state index in [1.54, 1.807) is 23.7 Å². The first kappa shape index (κ1) is 14.4. The van der Waals surface area contributed by atoms with E-state index in [-0.39, 0.29) is 12.5 Å². The van der Waals surface area contributed by atoms with Gasteiger partial charge in [-0.15, -0.1) is 10.2 Å². The molecule has 20 heavy (non-hydrogen) atoms. The van der Waals surface area contributed by atoms with Crippen LogP contribution in [-0.2, 0) is 4.79 Å². The van der Waals surface area contributed by atoms with Gasteiger partial charge in [-0.3, -0.25) is 10.2 Å². The van der Waals surface area contributed by atoms with E-state index in [2.05, 4.69) is 15.6 Å². The van der Waals surface area contributed by atoms with Gasteiger partial charge in [-0.1, -0.05) is 36.9 Å². The molecule has 106 valence electrons. The monoisotopic (exact) mass is 292 g/mol. The van der Waals surface area contributed by atoms with Crippen molar-refractivity contribution in [1.29, 1.82) is 0 Å². The Labute approximate surface area is 121 Å². The molecule has 0 atom stereocenters. The number of amides is 1. The normalized spacial score (nSPS) is 10.3. The Balaban J connectivity index is 1.93. The maximum absolute atomic E-state index is 11.9. The van der Waals surface area contributed by atoms with E-state index >= 15 is 0 Å². The van der Waals surface area contributed by atoms with E-state index in [9.17, 15) is 4.79 Å². The zero-order valence-electron chi connectivity index (χ0n) is 11.4. The number of ether oxygens (including phenoxy) is 1. The van der Waals surface area contributed by atoms with Crippen LogP contribution in [0.25, 0.3) is 0 Å². The number of para-hydroxylation sites is 1. The molecule has 0 aliphatic carbocycles. The van der Waals surface area contributed by atoms with E-state index < -0.39 is 0 Å². The van der Waals surface area contributed by atoms with Crippen LogP contribution in [0.5, 0.6) is 5.75 Å². The van der Waals surface area contributed by atoms with Crippen molar-refractivity contribution in [2.24, 2.45) is 0 Å². The standard InChI is InChI=1S/C13H16N4O2S/c1-3-20-13-15-14-10(2)17(13)16-12(18)9-19-11-7-5-4-6-8-11/h4-8H,3,9H2,1-2H3,(H,16,18). The van der Waals surface area contributed by atoms with Crippen molar-refractivity contribution >= 4 is 17.7 Å². The van der Waals surface area contributed by atoms with Crippen LogP contribution < -0.4 is 10.2 Å². The highest BCUT2D eigenvalue weighted by molar-refractivity contribution is 7.99. The van der Waals surface area contributed by atoms with Gasteiger partial charge in [0.1, 0.15) is 11.6 Å². The van der Waals surface area contributed by atoms with Crippen molar-refractivity contribution in [2.45, 2.75) is 19.0 Å². The Morgan fingerprint density at radius 1 is 1.35 bits per heavy atom. The highest BCUT2D eigenvalue weighted by Crippen LogP contribution is 2.14. The third kappa shape index (κ3) is 3.74. The van der Waals surface area contributed by atoms with Gasteiger partial charge < -0.3 is 4.74 Å². The molecule has 0 fully saturated rings. The number of aryl methyl sites for hydroxylation is 1. The number of aromatic nitrogens is 3. The molecule has 0 radical (unpaired) electrons. The van der Waals surface area contributed by atoms with Gasteiger partial charge in [-0.05, 0) is 24.8 Å². The number of nitrogens with zero attached hydrogens (tertiary/aromatic N) is 3. The molecule has 0 bridgehead atoms. The molecule has 0 saturated carbocycles. The van der Waals surface area contributed by atoms with Crippen molar-refractivity contribution in [1.82, 2.24) is 14.9 Å². The molecule has 0 aliphatic rings. The summed E-state index contributed by atoms with van der Waals surface area (Å²) in [6, 6.07) is 9.20. The van der Waals surface area contributed by atoms with Crippen molar-refractivity contribution in [3.63, 3.8) is 0 Å². The highest BCUT2D eigenvalue weighted by Gasteiger charge is 2.11. The number of thioether (sulfide) groups is 1. The van der Waals surface area contributed by atoms with Crippen LogP contribution >= 0.6 is 11.8 Å². The third-order valence-electron chi connectivity index (χ3n) is 2.42. The molecule has 0 saturated heterocycles. The molecule has 2 rings (SSSR count). The molecule has 1 aromatic heterocycles. The van der Waals surface area contributed by atoms with Crippen LogP contribution in [0.2, 0.25) is 0 Å². The lowest BCUT2D eigenvalue weighted by atomic mass is 10.3. The van der Waals surface area contributed by atoms with Crippen LogP contribution in [-0.4, -0.2) is 33.1 Å². The molecule has 0 unspecified atom stereocenters. The number of carbonyl (C=O) groups excluding carboxylic acids is 1. The van der Waals surface area contributed by atoms with Gasteiger partial charge in [0, 0.05) is 0 Å². The average Bonchev–Trinajstić information content (AvgIpc) is 2.80. The Bertz CT molecular complexity index is 571. The Kier molecular flexibility index (Phi) is 5.00. The quantitative estimate of drug-likeness (QED) is 0.823. The summed E-state index contributed by atoms with van der Waals surface area (Å²) in [4.78, 5) is 11.9. The maximum Gasteiger partial charge on any atom is 0.276 e. The summed E-state index contributed by atoms with van der Waals surface area (Å²) in [5.41, 5.74) is 2.72. The molecule has 1 amide bonds. The molecule has 6 nitrogen and oxygen atoms in total. The second-order valence-corrected chi connectivity index (χ2v) is 5.17. The van der Waals surface area contributed by atoms with Gasteiger partial charge in [0.15, 0.2) is 6.61 Å². The van der Waals surface area contributed by atoms with Crippen molar-refractivity contribution in [2.75, 3.05) is 17.8 Å². The second kappa shape index (κ2) is 6.95. The summed E-state index contributed by atoms with van der Waals surface area (Å²) in [7, 11) is 0. The predicted molar refractivity (Wildman–Crippen MR) is 77.5 cm³/mol. The molecule has 2 aromatic rings. The Morgan fingerprint density at radius 2 is 2.10 bits per heavy atom. The smallest absolute Gasteiger partial charge is 0.276 e. The topological polar surface area (TPSA) is 69.0 Å². The van der Waals surface area contributed by atoms with E-state index in [1.807, 2.05) is 25.1 Å². The van der Waals surface area contributed by atoms with E-state index in [1.165, 1.54) is 11.8 Å². The Hall–Kier alpha value is -2.02. The molecule has 7 heteroatoms. The molecule has 1 N–H and O–H groups in total. The molecule has 1 heterocycles. The average molecular weight is 292 g/mol. The minimum absolute atomic E-state index is 0.0577. The van der Waals surface area contributed by atoms with Gasteiger partial charge >= 0.3 is 0 Å². The van der Waals surface area contributed by atoms with Crippen LogP contribution in [0.15, 0.2) is 35.5 Å². The number of carbonyl (C=O) groups is 1. The first-order chi connectivity index (χ1) is 9.70. The molecule has 0 spiro atoms. The fraction of sp³-hybridized carbons (Fsp3) is 0.308. The summed E-state index contributed by atoms with van der Waals surface area (Å²) in [6.07, 6.45) is 0. The third-order valence-corrected chi connectivity index (χ3v) is 3.23. The summed E-state index contributed by atoms with van der Waals surface area (Å²) in [6.45, 7) is 3.74. The fourth-order valence-electron chi connectivity index (χ4n) is 1.52. The number of nitrogens with one attached hydrogen (secondary N) is 1. The molecule has 1 aromatic carbocycles. The number of hydrogen-bond acceptors (Lipinski definition) is 5. The minimum atomic E-state index is -0.255. The SMILES string of the molecule is CCSc1nnc(C)n1NC(=O)COc1ccccc1.